The molecule has 2 saturated carbocycles. The maximum Gasteiger partial charge on any atom is 0.271 e. The van der Waals surface area contributed by atoms with E-state index in [1.165, 1.54) is 6.20 Å². The first kappa shape index (κ1) is 20.1. The van der Waals surface area contributed by atoms with Gasteiger partial charge in [-0.05, 0) is 31.2 Å². The molecule has 2 amide bonds. The van der Waals surface area contributed by atoms with Crippen molar-refractivity contribution < 1.29 is 9.59 Å². The first-order valence-electron chi connectivity index (χ1n) is 9.72. The molecule has 29 heavy (non-hydrogen) atoms. The Morgan fingerprint density at radius 2 is 1.90 bits per heavy atom. The number of halogens is 2. The molecule has 0 atom stereocenters. The molecule has 2 aliphatic rings. The minimum Gasteiger partial charge on any atom is -0.354 e. The Bertz CT molecular complexity index is 912. The third-order valence-electron chi connectivity index (χ3n) is 5.66. The second-order valence-corrected chi connectivity index (χ2v) is 8.51. The third kappa shape index (κ3) is 4.38. The minimum atomic E-state index is -0.282. The lowest BCUT2D eigenvalue weighted by atomic mass is 9.61. The Labute approximate surface area is 179 Å². The Hall–Kier alpha value is -2.18. The second-order valence-electron chi connectivity index (χ2n) is 7.83. The molecule has 2 N–H and O–H groups in total. The molecule has 4 rings (SSSR count). The summed E-state index contributed by atoms with van der Waals surface area (Å²) in [5.74, 6) is 0.487. The lowest BCUT2D eigenvalue weighted by Crippen LogP contribution is -2.57. The summed E-state index contributed by atoms with van der Waals surface area (Å²) in [6, 6.07) is 9.99. The number of rotatable bonds is 7. The summed E-state index contributed by atoms with van der Waals surface area (Å²) in [6.07, 6.45) is 5.04. The summed E-state index contributed by atoms with van der Waals surface area (Å²) >= 11 is 11.8. The summed E-state index contributed by atoms with van der Waals surface area (Å²) in [5.41, 5.74) is 1.14. The smallest absolute Gasteiger partial charge is 0.271 e. The van der Waals surface area contributed by atoms with E-state index in [4.69, 9.17) is 23.2 Å². The fourth-order valence-electron chi connectivity index (χ4n) is 3.91. The van der Waals surface area contributed by atoms with E-state index in [1.54, 1.807) is 0 Å². The highest BCUT2D eigenvalue weighted by atomic mass is 35.5. The number of carbonyl (C=O) groups excluding carboxylic acids is 2. The third-order valence-corrected chi connectivity index (χ3v) is 6.18. The van der Waals surface area contributed by atoms with Gasteiger partial charge in [0.2, 0.25) is 5.91 Å². The van der Waals surface area contributed by atoms with Crippen LogP contribution in [-0.4, -0.2) is 40.2 Å². The van der Waals surface area contributed by atoms with Crippen LogP contribution in [0.15, 0.2) is 36.5 Å². The predicted octanol–water partition coefficient (Wildman–Crippen LogP) is 3.19. The molecule has 2 fully saturated rings. The zero-order valence-electron chi connectivity index (χ0n) is 15.8. The van der Waals surface area contributed by atoms with Gasteiger partial charge >= 0.3 is 0 Å². The number of hydrogen-bond donors (Lipinski definition) is 2. The first-order chi connectivity index (χ1) is 14.0. The highest BCUT2D eigenvalue weighted by Gasteiger charge is 2.46. The standard InChI is InChI=1S/C21H22Cl2N4O2/c22-10-17(28)25-12-21(14-4-2-1-3-5-14)8-15(9-21)26-20(29)18-16(23)11-24-19(27-18)13-6-7-13/h1-5,11,13,15H,6-10,12H2,(H,25,28)(H,26,29). The highest BCUT2D eigenvalue weighted by molar-refractivity contribution is 6.33. The molecule has 0 spiro atoms. The van der Waals surface area contributed by atoms with Gasteiger partial charge in [0.15, 0.2) is 0 Å². The number of hydrogen-bond acceptors (Lipinski definition) is 4. The van der Waals surface area contributed by atoms with Crippen LogP contribution in [0, 0.1) is 0 Å². The van der Waals surface area contributed by atoms with E-state index >= 15 is 0 Å². The summed E-state index contributed by atoms with van der Waals surface area (Å²) < 4.78 is 0. The number of aromatic nitrogens is 2. The number of benzene rings is 1. The molecule has 0 aliphatic heterocycles. The summed E-state index contributed by atoms with van der Waals surface area (Å²) in [5, 5.41) is 6.18. The Kier molecular flexibility index (Phi) is 5.74. The second kappa shape index (κ2) is 8.28. The number of carbonyl (C=O) groups is 2. The van der Waals surface area contributed by atoms with Crippen molar-refractivity contribution in [2.45, 2.75) is 43.1 Å². The fraction of sp³-hybridized carbons (Fsp3) is 0.429. The number of alkyl halides is 1. The molecule has 0 unspecified atom stereocenters. The maximum absolute atomic E-state index is 12.8. The summed E-state index contributed by atoms with van der Waals surface area (Å²) in [6.45, 7) is 0.481. The van der Waals surface area contributed by atoms with Crippen LogP contribution in [0.25, 0.3) is 0 Å². The van der Waals surface area contributed by atoms with Gasteiger partial charge in [0.05, 0.1) is 11.2 Å². The number of nitrogens with zero attached hydrogens (tertiary/aromatic N) is 2. The SMILES string of the molecule is O=C(CCl)NCC1(c2ccccc2)CC(NC(=O)c2nc(C3CC3)ncc2Cl)C1. The zero-order chi connectivity index (χ0) is 20.4. The van der Waals surface area contributed by atoms with Gasteiger partial charge in [0, 0.05) is 23.9 Å². The lowest BCUT2D eigenvalue weighted by Gasteiger charge is -2.48. The molecule has 6 nitrogen and oxygen atoms in total. The molecule has 2 aromatic rings. The zero-order valence-corrected chi connectivity index (χ0v) is 17.3. The van der Waals surface area contributed by atoms with Gasteiger partial charge < -0.3 is 10.6 Å². The lowest BCUT2D eigenvalue weighted by molar-refractivity contribution is -0.119. The van der Waals surface area contributed by atoms with Crippen LogP contribution < -0.4 is 10.6 Å². The normalized spacial score (nSPS) is 23.2. The Morgan fingerprint density at radius 3 is 2.55 bits per heavy atom. The van der Waals surface area contributed by atoms with Gasteiger partial charge in [-0.2, -0.15) is 0 Å². The summed E-state index contributed by atoms with van der Waals surface area (Å²) in [4.78, 5) is 33.0. The molecule has 0 bridgehead atoms. The van der Waals surface area contributed by atoms with Crippen molar-refractivity contribution >= 4 is 35.0 Å². The van der Waals surface area contributed by atoms with Gasteiger partial charge in [0.25, 0.3) is 5.91 Å². The minimum absolute atomic E-state index is 0.0222. The molecule has 2 aliphatic carbocycles. The largest absolute Gasteiger partial charge is 0.354 e. The number of nitrogens with one attached hydrogen (secondary N) is 2. The van der Waals surface area contributed by atoms with E-state index in [9.17, 15) is 9.59 Å². The van der Waals surface area contributed by atoms with Crippen LogP contribution in [0.2, 0.25) is 5.02 Å². The molecule has 0 saturated heterocycles. The van der Waals surface area contributed by atoms with E-state index in [1.807, 2.05) is 30.3 Å². The van der Waals surface area contributed by atoms with Crippen molar-refractivity contribution in [1.82, 2.24) is 20.6 Å². The van der Waals surface area contributed by atoms with Crippen molar-refractivity contribution in [3.8, 4) is 0 Å². The molecule has 0 radical (unpaired) electrons. The van der Waals surface area contributed by atoms with Gasteiger partial charge in [-0.3, -0.25) is 9.59 Å². The molecule has 1 aromatic heterocycles. The van der Waals surface area contributed by atoms with Crippen LogP contribution in [0.3, 0.4) is 0 Å². The molecular weight excluding hydrogens is 411 g/mol. The average molecular weight is 433 g/mol. The van der Waals surface area contributed by atoms with E-state index in [2.05, 4.69) is 20.6 Å². The molecule has 8 heteroatoms. The van der Waals surface area contributed by atoms with E-state index in [-0.39, 0.29) is 39.9 Å². The number of amides is 2. The highest BCUT2D eigenvalue weighted by Crippen LogP contribution is 2.44. The van der Waals surface area contributed by atoms with Gasteiger partial charge in [-0.25, -0.2) is 9.97 Å². The quantitative estimate of drug-likeness (QED) is 0.657. The maximum atomic E-state index is 12.8. The monoisotopic (exact) mass is 432 g/mol. The van der Waals surface area contributed by atoms with E-state index in [0.29, 0.717) is 31.1 Å². The fourth-order valence-corrected chi connectivity index (χ4v) is 4.18. The van der Waals surface area contributed by atoms with Crippen LogP contribution in [0.4, 0.5) is 0 Å². The molecule has 152 valence electrons. The molecule has 1 heterocycles. The topological polar surface area (TPSA) is 84.0 Å². The molecule has 1 aromatic carbocycles. The van der Waals surface area contributed by atoms with Gasteiger partial charge in [-0.1, -0.05) is 41.9 Å². The van der Waals surface area contributed by atoms with Crippen LogP contribution in [-0.2, 0) is 10.2 Å². The summed E-state index contributed by atoms with van der Waals surface area (Å²) in [7, 11) is 0. The average Bonchev–Trinajstić information content (AvgIpc) is 3.55. The Morgan fingerprint density at radius 1 is 1.17 bits per heavy atom. The van der Waals surface area contributed by atoms with Crippen LogP contribution in [0.5, 0.6) is 0 Å². The first-order valence-corrected chi connectivity index (χ1v) is 10.6. The van der Waals surface area contributed by atoms with Crippen molar-refractivity contribution in [3.05, 3.63) is 58.6 Å². The van der Waals surface area contributed by atoms with E-state index < -0.39 is 0 Å². The van der Waals surface area contributed by atoms with Crippen LogP contribution >= 0.6 is 23.2 Å². The van der Waals surface area contributed by atoms with Crippen molar-refractivity contribution in [1.29, 1.82) is 0 Å². The molecular formula is C21H22Cl2N4O2. The van der Waals surface area contributed by atoms with Crippen LogP contribution in [0.1, 0.15) is 53.5 Å². The van der Waals surface area contributed by atoms with Gasteiger partial charge in [0.1, 0.15) is 17.4 Å². The van der Waals surface area contributed by atoms with Crippen molar-refractivity contribution in [3.63, 3.8) is 0 Å². The van der Waals surface area contributed by atoms with E-state index in [0.717, 1.165) is 18.4 Å². The predicted molar refractivity (Wildman–Crippen MR) is 111 cm³/mol. The Balaban J connectivity index is 1.44. The van der Waals surface area contributed by atoms with Gasteiger partial charge in [-0.15, -0.1) is 11.6 Å². The van der Waals surface area contributed by atoms with Crippen molar-refractivity contribution in [2.24, 2.45) is 0 Å². The van der Waals surface area contributed by atoms with Crippen molar-refractivity contribution in [2.75, 3.05) is 12.4 Å².